The number of benzene rings is 3. The van der Waals surface area contributed by atoms with E-state index in [1.165, 1.54) is 74.5 Å². The lowest BCUT2D eigenvalue weighted by Crippen LogP contribution is -2.86. The number of Topliss-reactive ketones (excluding diaryl/α,β-unsaturated/α-hetero) is 2. The van der Waals surface area contributed by atoms with Gasteiger partial charge in [-0.05, 0) is 67.5 Å². The van der Waals surface area contributed by atoms with Crippen LogP contribution in [0.15, 0.2) is 82.7 Å². The first kappa shape index (κ1) is 50.7. The Labute approximate surface area is 360 Å². The van der Waals surface area contributed by atoms with Crippen molar-refractivity contribution in [1.82, 2.24) is 0 Å². The first-order valence-electron chi connectivity index (χ1n) is 18.6. The van der Waals surface area contributed by atoms with Gasteiger partial charge >= 0.3 is 40.0 Å². The van der Waals surface area contributed by atoms with E-state index in [2.05, 4.69) is 4.99 Å². The number of carbonyl (C=O) groups excluding carboxylic acids is 3. The summed E-state index contributed by atoms with van der Waals surface area (Å²) in [6.45, 7) is 2.25. The molecule has 23 heteroatoms. The molecule has 0 fully saturated rings. The molecule has 0 saturated carbocycles. The summed E-state index contributed by atoms with van der Waals surface area (Å²) >= 11 is 0. The smallest absolute Gasteiger partial charge is 0.353 e. The van der Waals surface area contributed by atoms with Crippen LogP contribution in [0.1, 0.15) is 47.1 Å². The molecule has 5 atom stereocenters. The Bertz CT molecular complexity index is 2400. The number of ether oxygens (including phenoxy) is 2. The molecule has 0 saturated heterocycles. The maximum absolute atomic E-state index is 14.9. The Morgan fingerprint density at radius 3 is 1.73 bits per heavy atom. The van der Waals surface area contributed by atoms with Crippen LogP contribution in [0.4, 0.5) is 0 Å². The number of nitrogens with two attached hydrogens (primary N) is 5. The van der Waals surface area contributed by atoms with Gasteiger partial charge in [-0.1, -0.05) is 66.7 Å². The Morgan fingerprint density at radius 2 is 1.25 bits per heavy atom. The number of aryl methyl sites for hydroxylation is 1. The van der Waals surface area contributed by atoms with Crippen molar-refractivity contribution in [2.24, 2.45) is 33.7 Å². The predicted molar refractivity (Wildman–Crippen MR) is 219 cm³/mol. The molecular formula is C40H48N6O16S. The number of carboxylic acid groups (broad SMARTS) is 4. The van der Waals surface area contributed by atoms with Crippen molar-refractivity contribution in [1.29, 1.82) is 0 Å². The van der Waals surface area contributed by atoms with E-state index in [0.717, 1.165) is 6.07 Å². The van der Waals surface area contributed by atoms with Crippen molar-refractivity contribution >= 4 is 57.5 Å². The van der Waals surface area contributed by atoms with Crippen LogP contribution in [0.3, 0.4) is 0 Å². The van der Waals surface area contributed by atoms with E-state index < -0.39 is 130 Å². The number of aliphatic carboxylic acids is 4. The summed E-state index contributed by atoms with van der Waals surface area (Å²) in [5, 5.41) is 42.3. The Balaban J connectivity index is 2.43. The molecular weight excluding hydrogens is 853 g/mol. The number of rotatable bonds is 24. The van der Waals surface area contributed by atoms with Gasteiger partial charge < -0.3 is 62.8 Å². The molecule has 340 valence electrons. The molecule has 0 aliphatic heterocycles. The van der Waals surface area contributed by atoms with Crippen molar-refractivity contribution in [2.45, 2.75) is 86.5 Å². The maximum Gasteiger partial charge on any atom is 0.353 e. The normalized spacial score (nSPS) is 15.8. The second-order valence-electron chi connectivity index (χ2n) is 14.4. The van der Waals surface area contributed by atoms with Gasteiger partial charge in [-0.15, -0.1) is 0 Å². The highest BCUT2D eigenvalue weighted by Gasteiger charge is 2.77. The van der Waals surface area contributed by atoms with Crippen LogP contribution >= 0.6 is 0 Å². The van der Waals surface area contributed by atoms with Crippen molar-refractivity contribution in [3.8, 4) is 0 Å². The monoisotopic (exact) mass is 900 g/mol. The lowest BCUT2D eigenvalue weighted by atomic mass is 9.62. The summed E-state index contributed by atoms with van der Waals surface area (Å²) in [4.78, 5) is 99.3. The molecule has 22 nitrogen and oxygen atoms in total. The lowest BCUT2D eigenvalue weighted by molar-refractivity contribution is -0.209. The fourth-order valence-electron chi connectivity index (χ4n) is 6.61. The number of ketones is 2. The Kier molecular flexibility index (Phi) is 16.1. The van der Waals surface area contributed by atoms with Gasteiger partial charge in [0, 0.05) is 6.54 Å². The molecule has 0 aliphatic carbocycles. The van der Waals surface area contributed by atoms with Gasteiger partial charge in [-0.2, -0.15) is 8.42 Å². The van der Waals surface area contributed by atoms with E-state index in [1.54, 1.807) is 13.0 Å². The van der Waals surface area contributed by atoms with Gasteiger partial charge in [0.15, 0.2) is 29.2 Å². The van der Waals surface area contributed by atoms with Crippen molar-refractivity contribution in [3.05, 3.63) is 101 Å². The number of carbonyl (C=O) groups is 7. The molecule has 0 aliphatic rings. The van der Waals surface area contributed by atoms with Crippen LogP contribution in [0.2, 0.25) is 0 Å². The van der Waals surface area contributed by atoms with Gasteiger partial charge in [0.05, 0.1) is 19.6 Å². The van der Waals surface area contributed by atoms with E-state index in [-0.39, 0.29) is 16.7 Å². The van der Waals surface area contributed by atoms with E-state index in [9.17, 15) is 62.4 Å². The Morgan fingerprint density at radius 1 is 0.714 bits per heavy atom. The first-order valence-corrected chi connectivity index (χ1v) is 20.0. The van der Waals surface area contributed by atoms with E-state index in [4.69, 9.17) is 42.3 Å². The zero-order chi connectivity index (χ0) is 47.7. The SMILES string of the molecule is Cc1ccc(S(=O)(=O)OC(=O)[C@](N)(C(=O)CC(=O)[C@@](N)(C(=O)O)C(OCc2ccccc2)C(=O)O)C(OCc2ccccc2)(C(=O)O)[C@](N)(CCCN=C(N)N)C(=O)O)c(C)c1C. The number of hydrogen-bond acceptors (Lipinski definition) is 16. The molecule has 63 heavy (non-hydrogen) atoms. The zero-order valence-corrected chi connectivity index (χ0v) is 35.0. The molecule has 0 radical (unpaired) electrons. The molecule has 0 bridgehead atoms. The predicted octanol–water partition coefficient (Wildman–Crippen LogP) is -0.602. The molecule has 0 spiro atoms. The average molecular weight is 901 g/mol. The third kappa shape index (κ3) is 10.2. The van der Waals surface area contributed by atoms with Crippen LogP contribution in [-0.4, -0.2) is 111 Å². The molecule has 0 amide bonds. The van der Waals surface area contributed by atoms with Crippen LogP contribution in [0.25, 0.3) is 0 Å². The standard InChI is InChI=1S/C40H48N6O16S/c1-22-15-16-27(24(3)23(22)2)63(58,59)62-35(57)39(45,29(48)19-28(47)38(44,33(53)54)30(31(49)50)60-20-25-11-6-4-7-12-25)40(34(55)56,61-21-26-13-8-5-9-14-26)37(43,32(51)52)17-10-18-46-36(41)42/h4-9,11-16,30H,10,17-21,43-45H2,1-3H3,(H,49,50)(H,51,52)(H,53,54)(H,55,56)(H4,41,42,46)/t30?,37-,38-,39+,40?/m0/s1. The van der Waals surface area contributed by atoms with Crippen molar-refractivity contribution in [3.63, 3.8) is 0 Å². The molecule has 0 heterocycles. The summed E-state index contributed by atoms with van der Waals surface area (Å²) in [7, 11) is -5.49. The van der Waals surface area contributed by atoms with Gasteiger partial charge in [-0.25, -0.2) is 19.2 Å². The molecule has 2 unspecified atom stereocenters. The van der Waals surface area contributed by atoms with Crippen molar-refractivity contribution < 1.29 is 76.1 Å². The van der Waals surface area contributed by atoms with Crippen LogP contribution in [0.5, 0.6) is 0 Å². The maximum atomic E-state index is 14.9. The fraction of sp³-hybridized carbons (Fsp3) is 0.350. The second-order valence-corrected chi connectivity index (χ2v) is 15.9. The zero-order valence-electron chi connectivity index (χ0n) is 34.2. The van der Waals surface area contributed by atoms with Gasteiger partial charge in [0.2, 0.25) is 16.7 Å². The van der Waals surface area contributed by atoms with Gasteiger partial charge in [0.1, 0.15) is 4.90 Å². The van der Waals surface area contributed by atoms with Gasteiger partial charge in [-0.3, -0.25) is 19.4 Å². The number of nitrogens with zero attached hydrogens (tertiary/aromatic N) is 1. The third-order valence-electron chi connectivity index (χ3n) is 10.4. The number of hydrogen-bond donors (Lipinski definition) is 9. The van der Waals surface area contributed by atoms with Crippen LogP contribution in [-0.2, 0) is 70.6 Å². The molecule has 3 rings (SSSR count). The highest BCUT2D eigenvalue weighted by atomic mass is 32.2. The molecule has 14 N–H and O–H groups in total. The summed E-state index contributed by atoms with van der Waals surface area (Å²) < 4.78 is 43.7. The second kappa shape index (κ2) is 20.0. The minimum absolute atomic E-state index is 0.000205. The fourth-order valence-corrected chi connectivity index (χ4v) is 7.79. The van der Waals surface area contributed by atoms with Crippen LogP contribution < -0.4 is 28.7 Å². The largest absolute Gasteiger partial charge is 0.480 e. The quantitative estimate of drug-likeness (QED) is 0.0178. The summed E-state index contributed by atoms with van der Waals surface area (Å²) in [6.07, 6.45) is -6.65. The topological polar surface area (TPSA) is 405 Å². The van der Waals surface area contributed by atoms with E-state index in [0.29, 0.717) is 11.1 Å². The highest BCUT2D eigenvalue weighted by molar-refractivity contribution is 7.87. The Hall–Kier alpha value is -6.63. The summed E-state index contributed by atoms with van der Waals surface area (Å²) in [6, 6.07) is 16.8. The highest BCUT2D eigenvalue weighted by Crippen LogP contribution is 2.42. The van der Waals surface area contributed by atoms with Gasteiger partial charge in [0.25, 0.3) is 0 Å². The average Bonchev–Trinajstić information content (AvgIpc) is 3.21. The van der Waals surface area contributed by atoms with E-state index in [1.807, 2.05) is 0 Å². The lowest BCUT2D eigenvalue weighted by Gasteiger charge is -2.49. The number of guanidine groups is 1. The third-order valence-corrected chi connectivity index (χ3v) is 11.8. The van der Waals surface area contributed by atoms with Crippen molar-refractivity contribution in [2.75, 3.05) is 6.54 Å². The summed E-state index contributed by atoms with van der Waals surface area (Å²) in [5.41, 5.74) is 14.9. The molecule has 3 aromatic carbocycles. The summed E-state index contributed by atoms with van der Waals surface area (Å²) in [5.74, 6) is -17.0. The van der Waals surface area contributed by atoms with Crippen LogP contribution in [0, 0.1) is 20.8 Å². The van der Waals surface area contributed by atoms with E-state index >= 15 is 0 Å². The minimum atomic E-state index is -5.49. The number of aliphatic imine (C=N–C) groups is 1. The number of carboxylic acids is 4. The molecule has 0 aromatic heterocycles. The first-order chi connectivity index (χ1) is 29.2. The molecule has 3 aromatic rings. The minimum Gasteiger partial charge on any atom is -0.480 e.